The molecule has 1 heterocycles. The minimum Gasteiger partial charge on any atom is -0.459 e. The van der Waals surface area contributed by atoms with Crippen LogP contribution in [-0.2, 0) is 19.1 Å². The quantitative estimate of drug-likeness (QED) is 0.260. The van der Waals surface area contributed by atoms with Crippen LogP contribution in [0, 0.1) is 17.8 Å². The van der Waals surface area contributed by atoms with Crippen LogP contribution < -0.4 is 0 Å². The van der Waals surface area contributed by atoms with Crippen molar-refractivity contribution in [3.63, 3.8) is 0 Å². The number of aliphatic hydroxyl groups is 3. The summed E-state index contributed by atoms with van der Waals surface area (Å²) >= 11 is 11.6. The van der Waals surface area contributed by atoms with E-state index in [0.717, 1.165) is 0 Å². The molecule has 1 saturated heterocycles. The molecule has 28 heavy (non-hydrogen) atoms. The van der Waals surface area contributed by atoms with Gasteiger partial charge < -0.3 is 24.8 Å². The number of ether oxygens (including phenoxy) is 2. The zero-order chi connectivity index (χ0) is 21.0. The number of halogens is 2. The molecule has 156 valence electrons. The number of esters is 2. The van der Waals surface area contributed by atoms with Crippen LogP contribution in [-0.4, -0.2) is 68.5 Å². The van der Waals surface area contributed by atoms with E-state index in [-0.39, 0.29) is 36.1 Å². The molecule has 0 unspecified atom stereocenters. The first-order valence-electron chi connectivity index (χ1n) is 9.01. The van der Waals surface area contributed by atoms with Crippen molar-refractivity contribution in [1.82, 2.24) is 0 Å². The number of alkyl halides is 2. The van der Waals surface area contributed by atoms with Crippen molar-refractivity contribution in [3.05, 3.63) is 24.3 Å². The number of hydrogen-bond donors (Lipinski definition) is 3. The Balaban J connectivity index is 2.01. The van der Waals surface area contributed by atoms with Gasteiger partial charge in [0.15, 0.2) is 5.60 Å². The second-order valence-electron chi connectivity index (χ2n) is 8.14. The van der Waals surface area contributed by atoms with Crippen LogP contribution in [0.3, 0.4) is 0 Å². The predicted molar refractivity (Wildman–Crippen MR) is 101 cm³/mol. The fourth-order valence-electron chi connectivity index (χ4n) is 4.58. The van der Waals surface area contributed by atoms with E-state index in [0.29, 0.717) is 5.57 Å². The number of hydrogen-bond acceptors (Lipinski definition) is 7. The van der Waals surface area contributed by atoms with E-state index in [1.807, 2.05) is 0 Å². The predicted octanol–water partition coefficient (Wildman–Crippen LogP) is 0.913. The number of fused-ring (bicyclic) bond motifs is 3. The molecule has 2 aliphatic carbocycles. The minimum absolute atomic E-state index is 0.0973. The van der Waals surface area contributed by atoms with E-state index in [1.165, 1.54) is 6.92 Å². The van der Waals surface area contributed by atoms with Gasteiger partial charge in [0.05, 0.1) is 23.8 Å². The van der Waals surface area contributed by atoms with Crippen LogP contribution in [0.25, 0.3) is 0 Å². The summed E-state index contributed by atoms with van der Waals surface area (Å²) in [6, 6.07) is 0. The van der Waals surface area contributed by atoms with Gasteiger partial charge in [-0.25, -0.2) is 9.59 Å². The minimum atomic E-state index is -1.90. The molecule has 9 heteroatoms. The van der Waals surface area contributed by atoms with Crippen LogP contribution >= 0.6 is 23.2 Å². The Bertz CT molecular complexity index is 721. The Morgan fingerprint density at radius 1 is 1.43 bits per heavy atom. The van der Waals surface area contributed by atoms with E-state index in [4.69, 9.17) is 32.7 Å². The van der Waals surface area contributed by atoms with E-state index >= 15 is 0 Å². The zero-order valence-electron chi connectivity index (χ0n) is 15.4. The molecule has 0 aromatic carbocycles. The Labute approximate surface area is 172 Å². The van der Waals surface area contributed by atoms with E-state index in [2.05, 4.69) is 13.2 Å². The van der Waals surface area contributed by atoms with E-state index in [1.54, 1.807) is 0 Å². The van der Waals surface area contributed by atoms with Gasteiger partial charge >= 0.3 is 11.9 Å². The van der Waals surface area contributed by atoms with Gasteiger partial charge in [0.2, 0.25) is 0 Å². The second-order valence-corrected chi connectivity index (χ2v) is 8.68. The summed E-state index contributed by atoms with van der Waals surface area (Å²) in [6.07, 6.45) is -2.54. The molecule has 2 saturated carbocycles. The average Bonchev–Trinajstić information content (AvgIpc) is 3.04. The monoisotopic (exact) mass is 434 g/mol. The van der Waals surface area contributed by atoms with Crippen molar-refractivity contribution < 1.29 is 34.4 Å². The average molecular weight is 435 g/mol. The van der Waals surface area contributed by atoms with Gasteiger partial charge in [-0.15, -0.1) is 23.2 Å². The van der Waals surface area contributed by atoms with Gasteiger partial charge in [-0.2, -0.15) is 0 Å². The van der Waals surface area contributed by atoms with Crippen LogP contribution in [0.15, 0.2) is 24.3 Å². The molecular formula is C19H24Cl2O7. The van der Waals surface area contributed by atoms with Crippen molar-refractivity contribution in [2.24, 2.45) is 17.8 Å². The lowest BCUT2D eigenvalue weighted by Gasteiger charge is -2.37. The summed E-state index contributed by atoms with van der Waals surface area (Å²) in [5, 5.41) is 31.6. The normalized spacial score (nSPS) is 42.3. The maximum absolute atomic E-state index is 12.4. The molecule has 3 N–H and O–H groups in total. The van der Waals surface area contributed by atoms with Crippen molar-refractivity contribution in [1.29, 1.82) is 0 Å². The third kappa shape index (κ3) is 3.17. The standard InChI is InChI=1S/C19H24Cl2O7/c1-8-4-11(27-17(24)18(3,25)6-20)13-9(2)16(23)28-15(13)14-10(8)5-12(22)19(14,26)7-21/h10-15,22,25-26H,1-2,4-7H2,3H3/t10-,11+,12+,13+,14+,15-,18+,19-/m0/s1. The highest BCUT2D eigenvalue weighted by molar-refractivity contribution is 6.20. The fourth-order valence-corrected chi connectivity index (χ4v) is 5.05. The molecule has 8 atom stereocenters. The summed E-state index contributed by atoms with van der Waals surface area (Å²) in [4.78, 5) is 24.6. The van der Waals surface area contributed by atoms with Crippen molar-refractivity contribution >= 4 is 35.1 Å². The topological polar surface area (TPSA) is 113 Å². The number of carbonyl (C=O) groups is 2. The van der Waals surface area contributed by atoms with Gasteiger partial charge in [0.1, 0.15) is 17.8 Å². The molecule has 3 aliphatic rings. The maximum Gasteiger partial charge on any atom is 0.339 e. The summed E-state index contributed by atoms with van der Waals surface area (Å²) in [6.45, 7) is 9.05. The lowest BCUT2D eigenvalue weighted by Crippen LogP contribution is -2.52. The molecular weight excluding hydrogens is 411 g/mol. The molecule has 0 aromatic heterocycles. The molecule has 0 spiro atoms. The summed E-state index contributed by atoms with van der Waals surface area (Å²) in [5.74, 6) is -4.11. The van der Waals surface area contributed by atoms with Crippen molar-refractivity contribution in [3.8, 4) is 0 Å². The molecule has 7 nitrogen and oxygen atoms in total. The van der Waals surface area contributed by atoms with Crippen LogP contribution in [0.1, 0.15) is 19.8 Å². The molecule has 0 aromatic rings. The highest BCUT2D eigenvalue weighted by Crippen LogP contribution is 2.55. The van der Waals surface area contributed by atoms with Crippen molar-refractivity contribution in [2.75, 3.05) is 11.8 Å². The number of carbonyl (C=O) groups excluding carboxylic acids is 2. The van der Waals surface area contributed by atoms with Crippen LogP contribution in [0.2, 0.25) is 0 Å². The zero-order valence-corrected chi connectivity index (χ0v) is 16.9. The Morgan fingerprint density at radius 2 is 2.07 bits per heavy atom. The van der Waals surface area contributed by atoms with Gasteiger partial charge in [-0.05, 0) is 19.3 Å². The van der Waals surface area contributed by atoms with E-state index < -0.39 is 53.3 Å². The lowest BCUT2D eigenvalue weighted by atomic mass is 9.76. The van der Waals surface area contributed by atoms with Gasteiger partial charge in [0, 0.05) is 17.9 Å². The first-order chi connectivity index (χ1) is 13.0. The molecule has 3 fully saturated rings. The highest BCUT2D eigenvalue weighted by Gasteiger charge is 2.64. The first-order valence-corrected chi connectivity index (χ1v) is 10.1. The highest BCUT2D eigenvalue weighted by atomic mass is 35.5. The van der Waals surface area contributed by atoms with Crippen LogP contribution in [0.4, 0.5) is 0 Å². The summed E-state index contributed by atoms with van der Waals surface area (Å²) in [5.41, 5.74) is -2.87. The molecule has 1 aliphatic heterocycles. The number of aliphatic hydroxyl groups excluding tert-OH is 1. The van der Waals surface area contributed by atoms with Gasteiger partial charge in [-0.1, -0.05) is 18.7 Å². The van der Waals surface area contributed by atoms with Crippen LogP contribution in [0.5, 0.6) is 0 Å². The molecule has 3 rings (SSSR count). The number of rotatable bonds is 4. The van der Waals surface area contributed by atoms with Gasteiger partial charge in [-0.3, -0.25) is 0 Å². The Morgan fingerprint density at radius 3 is 2.64 bits per heavy atom. The summed E-state index contributed by atoms with van der Waals surface area (Å²) < 4.78 is 11.0. The smallest absolute Gasteiger partial charge is 0.339 e. The molecule has 0 radical (unpaired) electrons. The second kappa shape index (κ2) is 7.29. The first kappa shape index (κ1) is 21.6. The molecule has 0 amide bonds. The Kier molecular flexibility index (Phi) is 5.62. The summed E-state index contributed by atoms with van der Waals surface area (Å²) in [7, 11) is 0. The molecule has 0 bridgehead atoms. The van der Waals surface area contributed by atoms with E-state index in [9.17, 15) is 24.9 Å². The third-order valence-electron chi connectivity index (χ3n) is 6.24. The largest absolute Gasteiger partial charge is 0.459 e. The maximum atomic E-state index is 12.4. The van der Waals surface area contributed by atoms with Gasteiger partial charge in [0.25, 0.3) is 0 Å². The van der Waals surface area contributed by atoms with Crippen molar-refractivity contribution in [2.45, 2.75) is 49.3 Å². The SMILES string of the molecule is C=C1C(=O)O[C@H]2[C@H]1[C@H](OC(=O)[C@](C)(O)CCl)CC(=C)[C@@H]1C[C@@H](O)[C@@](O)(CCl)[C@@H]21. The fraction of sp³-hybridized carbons (Fsp3) is 0.684. The lowest BCUT2D eigenvalue weighted by molar-refractivity contribution is -0.172. The Hall–Kier alpha value is -1.12. The third-order valence-corrected chi connectivity index (χ3v) is 7.19.